The first-order valence-electron chi connectivity index (χ1n) is 16.1. The highest BCUT2D eigenvalue weighted by atomic mass is 28.4. The van der Waals surface area contributed by atoms with E-state index in [0.717, 1.165) is 0 Å². The van der Waals surface area contributed by atoms with Gasteiger partial charge in [0.25, 0.3) is 0 Å². The smallest absolute Gasteiger partial charge is 0.225 e. The Labute approximate surface area is 254 Å². The number of carbonyl (C=O) groups is 1. The molecule has 0 saturated carbocycles. The van der Waals surface area contributed by atoms with Crippen molar-refractivity contribution in [2.75, 3.05) is 6.54 Å². The van der Waals surface area contributed by atoms with Crippen LogP contribution in [-0.4, -0.2) is 43.9 Å². The lowest BCUT2D eigenvalue weighted by molar-refractivity contribution is -0.129. The third-order valence-electron chi connectivity index (χ3n) is 9.34. The molecule has 1 aliphatic heterocycles. The van der Waals surface area contributed by atoms with Crippen LogP contribution in [0, 0.1) is 0 Å². The summed E-state index contributed by atoms with van der Waals surface area (Å²) in [7, 11) is -2.24. The Morgan fingerprint density at radius 3 is 1.71 bits per heavy atom. The number of amides is 1. The van der Waals surface area contributed by atoms with Crippen molar-refractivity contribution in [3.05, 3.63) is 59.7 Å². The van der Waals surface area contributed by atoms with E-state index in [1.807, 2.05) is 17.1 Å². The van der Waals surface area contributed by atoms with Crippen molar-refractivity contribution in [2.24, 2.45) is 0 Å². The van der Waals surface area contributed by atoms with E-state index in [0.29, 0.717) is 47.3 Å². The maximum atomic E-state index is 13.5. The molecule has 0 radical (unpaired) electrons. The molecule has 0 aliphatic carbocycles. The van der Waals surface area contributed by atoms with Crippen molar-refractivity contribution >= 4 is 14.2 Å². The fourth-order valence-electron chi connectivity index (χ4n) is 7.37. The molecule has 1 unspecified atom stereocenters. The van der Waals surface area contributed by atoms with Crippen LogP contribution in [0.25, 0.3) is 0 Å². The summed E-state index contributed by atoms with van der Waals surface area (Å²) in [5.74, 6) is 1.28. The van der Waals surface area contributed by atoms with Gasteiger partial charge in [0.1, 0.15) is 0 Å². The topological polar surface area (TPSA) is 38.8 Å². The lowest BCUT2D eigenvalue weighted by Gasteiger charge is -2.46. The zero-order chi connectivity index (χ0) is 31.4. The van der Waals surface area contributed by atoms with E-state index in [1.165, 1.54) is 22.3 Å². The molecule has 4 atom stereocenters. The summed E-state index contributed by atoms with van der Waals surface area (Å²) >= 11 is 0. The molecule has 0 spiro atoms. The fraction of sp³-hybridized carbons (Fsp3) is 0.694. The number of ether oxygens (including phenoxy) is 1. The SMILES string of the molecule is C=CCN1C(=O)C[C@@H](OC(C)c2c(C(C)C)cc(C(C)C)cc2C(C)C)[C@H]1[C@@H](C=C)O[Si](C(C)C)(C(C)C)C(C)C. The van der Waals surface area contributed by atoms with Gasteiger partial charge in [-0.25, -0.2) is 0 Å². The molecule has 1 aromatic carbocycles. The molecule has 41 heavy (non-hydrogen) atoms. The molecule has 1 amide bonds. The molecule has 0 aromatic heterocycles. The average Bonchev–Trinajstić information content (AvgIpc) is 3.17. The van der Waals surface area contributed by atoms with Gasteiger partial charge in [-0.15, -0.1) is 13.2 Å². The van der Waals surface area contributed by atoms with Crippen molar-refractivity contribution in [2.45, 2.75) is 155 Å². The Morgan fingerprint density at radius 1 is 0.854 bits per heavy atom. The number of hydrogen-bond donors (Lipinski definition) is 0. The Balaban J connectivity index is 2.62. The van der Waals surface area contributed by atoms with Crippen molar-refractivity contribution in [1.29, 1.82) is 0 Å². The normalized spacial score (nSPS) is 19.9. The molecule has 1 aliphatic rings. The van der Waals surface area contributed by atoms with E-state index in [4.69, 9.17) is 9.16 Å². The number of nitrogens with zero attached hydrogens (tertiary/aromatic N) is 1. The number of benzene rings is 1. The van der Waals surface area contributed by atoms with Gasteiger partial charge in [0.05, 0.1) is 30.8 Å². The first kappa shape index (κ1) is 35.5. The van der Waals surface area contributed by atoms with Crippen LogP contribution in [0.2, 0.25) is 16.6 Å². The second-order valence-corrected chi connectivity index (χ2v) is 19.5. The van der Waals surface area contributed by atoms with Crippen LogP contribution in [0.5, 0.6) is 0 Å². The maximum absolute atomic E-state index is 13.5. The lowest BCUT2D eigenvalue weighted by Crippen LogP contribution is -2.56. The summed E-state index contributed by atoms with van der Waals surface area (Å²) in [6, 6.07) is 4.51. The molecule has 232 valence electrons. The van der Waals surface area contributed by atoms with Gasteiger partial charge in [-0.05, 0) is 63.6 Å². The minimum atomic E-state index is -2.24. The zero-order valence-corrected chi connectivity index (χ0v) is 29.6. The van der Waals surface area contributed by atoms with Crippen molar-refractivity contribution in [3.63, 3.8) is 0 Å². The summed E-state index contributed by atoms with van der Waals surface area (Å²) in [4.78, 5) is 15.4. The number of carbonyl (C=O) groups excluding carboxylic acids is 1. The zero-order valence-electron chi connectivity index (χ0n) is 28.6. The minimum Gasteiger partial charge on any atom is -0.408 e. The number of rotatable bonds is 15. The minimum absolute atomic E-state index is 0.0942. The average molecular weight is 584 g/mol. The highest BCUT2D eigenvalue weighted by Crippen LogP contribution is 2.45. The molecule has 1 saturated heterocycles. The lowest BCUT2D eigenvalue weighted by atomic mass is 9.82. The van der Waals surface area contributed by atoms with Crippen LogP contribution in [0.4, 0.5) is 0 Å². The van der Waals surface area contributed by atoms with E-state index in [-0.39, 0.29) is 30.3 Å². The molecular formula is C36H61NO3Si. The van der Waals surface area contributed by atoms with Crippen molar-refractivity contribution in [3.8, 4) is 0 Å². The van der Waals surface area contributed by atoms with E-state index < -0.39 is 8.32 Å². The van der Waals surface area contributed by atoms with Gasteiger partial charge >= 0.3 is 0 Å². The molecule has 2 rings (SSSR count). The maximum Gasteiger partial charge on any atom is 0.225 e. The Hall–Kier alpha value is -1.69. The first-order valence-corrected chi connectivity index (χ1v) is 18.2. The molecule has 0 N–H and O–H groups in total. The van der Waals surface area contributed by atoms with Crippen LogP contribution in [0.1, 0.15) is 143 Å². The van der Waals surface area contributed by atoms with Crippen LogP contribution in [0.15, 0.2) is 37.4 Å². The summed E-state index contributed by atoms with van der Waals surface area (Å²) in [6.45, 7) is 38.2. The highest BCUT2D eigenvalue weighted by Gasteiger charge is 2.51. The summed E-state index contributed by atoms with van der Waals surface area (Å²) in [5.41, 5.74) is 6.62. The Bertz CT molecular complexity index is 990. The van der Waals surface area contributed by atoms with E-state index in [2.05, 4.69) is 115 Å². The van der Waals surface area contributed by atoms with Crippen molar-refractivity contribution < 1.29 is 14.0 Å². The van der Waals surface area contributed by atoms with Crippen LogP contribution in [0.3, 0.4) is 0 Å². The summed E-state index contributed by atoms with van der Waals surface area (Å²) < 4.78 is 14.3. The largest absolute Gasteiger partial charge is 0.408 e. The number of hydrogen-bond acceptors (Lipinski definition) is 3. The third-order valence-corrected chi connectivity index (χ3v) is 15.4. The molecule has 1 aromatic rings. The van der Waals surface area contributed by atoms with Gasteiger partial charge in [-0.2, -0.15) is 0 Å². The predicted molar refractivity (Wildman–Crippen MR) is 178 cm³/mol. The molecule has 1 heterocycles. The van der Waals surface area contributed by atoms with Crippen LogP contribution in [-0.2, 0) is 14.0 Å². The van der Waals surface area contributed by atoms with Crippen molar-refractivity contribution in [1.82, 2.24) is 4.90 Å². The molecule has 5 heteroatoms. The molecule has 0 bridgehead atoms. The number of likely N-dealkylation sites (tertiary alicyclic amines) is 1. The summed E-state index contributed by atoms with van der Waals surface area (Å²) in [5, 5.41) is 0. The standard InChI is InChI=1S/C36H61NO3Si/c1-16-18-37-34(38)21-33(36(37)32(17-2)40-41(25(9)10,26(11)12)27(13)14)39-28(15)35-30(23(5)6)19-29(22(3)4)20-31(35)24(7)8/h16-17,19-20,22-28,32-33,36H,1-2,18,21H2,3-15H3/t28?,32-,33-,36-/m1/s1. The monoisotopic (exact) mass is 583 g/mol. The Kier molecular flexibility index (Phi) is 12.7. The van der Waals surface area contributed by atoms with Crippen LogP contribution < -0.4 is 0 Å². The van der Waals surface area contributed by atoms with Gasteiger partial charge in [0, 0.05) is 6.54 Å². The van der Waals surface area contributed by atoms with Gasteiger partial charge < -0.3 is 14.1 Å². The van der Waals surface area contributed by atoms with Gasteiger partial charge in [0.2, 0.25) is 14.2 Å². The van der Waals surface area contributed by atoms with E-state index >= 15 is 0 Å². The van der Waals surface area contributed by atoms with E-state index in [9.17, 15) is 4.79 Å². The molecule has 4 nitrogen and oxygen atoms in total. The molecule has 1 fully saturated rings. The van der Waals surface area contributed by atoms with E-state index in [1.54, 1.807) is 0 Å². The van der Waals surface area contributed by atoms with Gasteiger partial charge in [0.15, 0.2) is 0 Å². The first-order chi connectivity index (χ1) is 19.0. The van der Waals surface area contributed by atoms with Gasteiger partial charge in [-0.1, -0.05) is 107 Å². The second-order valence-electron chi connectivity index (χ2n) is 14.1. The highest BCUT2D eigenvalue weighted by molar-refractivity contribution is 6.77. The fourth-order valence-corrected chi connectivity index (χ4v) is 12.9. The van der Waals surface area contributed by atoms with Crippen LogP contribution >= 0.6 is 0 Å². The molecular weight excluding hydrogens is 522 g/mol. The second kappa shape index (κ2) is 14.7. The Morgan fingerprint density at radius 2 is 1.34 bits per heavy atom. The predicted octanol–water partition coefficient (Wildman–Crippen LogP) is 10.0. The quantitative estimate of drug-likeness (QED) is 0.152. The summed E-state index contributed by atoms with van der Waals surface area (Å²) in [6.07, 6.45) is 3.30. The van der Waals surface area contributed by atoms with Gasteiger partial charge in [-0.3, -0.25) is 4.79 Å². The third kappa shape index (κ3) is 7.45.